The van der Waals surface area contributed by atoms with Crippen molar-refractivity contribution in [2.45, 2.75) is 13.8 Å². The van der Waals surface area contributed by atoms with Crippen LogP contribution in [0.15, 0.2) is 24.3 Å². The fourth-order valence-corrected chi connectivity index (χ4v) is 1.91. The second kappa shape index (κ2) is 4.08. The second-order valence-corrected chi connectivity index (χ2v) is 4.18. The summed E-state index contributed by atoms with van der Waals surface area (Å²) in [4.78, 5) is 23.4. The van der Waals surface area contributed by atoms with E-state index in [2.05, 4.69) is 0 Å². The Morgan fingerprint density at radius 3 is 2.81 bits per heavy atom. The molecule has 1 heterocycles. The van der Waals surface area contributed by atoms with Crippen LogP contribution < -0.4 is 4.74 Å². The minimum atomic E-state index is -0.340. The summed E-state index contributed by atoms with van der Waals surface area (Å²) in [6.07, 6.45) is 0. The minimum Gasteiger partial charge on any atom is -0.492 e. The summed E-state index contributed by atoms with van der Waals surface area (Å²) in [5.41, 5.74) is 0.590. The Bertz CT molecular complexity index is 437. The van der Waals surface area contributed by atoms with E-state index in [1.807, 2.05) is 6.07 Å². The van der Waals surface area contributed by atoms with Crippen molar-refractivity contribution in [3.05, 3.63) is 29.8 Å². The fourth-order valence-electron chi connectivity index (χ4n) is 1.91. The Morgan fingerprint density at radius 2 is 2.12 bits per heavy atom. The summed E-state index contributed by atoms with van der Waals surface area (Å²) >= 11 is 0. The van der Waals surface area contributed by atoms with E-state index in [9.17, 15) is 9.59 Å². The Kier molecular flexibility index (Phi) is 2.77. The van der Waals surface area contributed by atoms with Crippen LogP contribution in [0.2, 0.25) is 0 Å². The Hall–Kier alpha value is -1.64. The molecule has 1 aromatic carbocycles. The van der Waals surface area contributed by atoms with Gasteiger partial charge < -0.3 is 4.74 Å². The zero-order chi connectivity index (χ0) is 11.7. The van der Waals surface area contributed by atoms with Gasteiger partial charge in [-0.25, -0.2) is 0 Å². The molecule has 1 aromatic rings. The molecule has 2 atom stereocenters. The molecule has 0 saturated carbocycles. The van der Waals surface area contributed by atoms with Gasteiger partial charge in [-0.3, -0.25) is 9.59 Å². The van der Waals surface area contributed by atoms with Crippen LogP contribution in [0.3, 0.4) is 0 Å². The largest absolute Gasteiger partial charge is 0.492 e. The van der Waals surface area contributed by atoms with Crippen molar-refractivity contribution in [3.63, 3.8) is 0 Å². The summed E-state index contributed by atoms with van der Waals surface area (Å²) < 4.78 is 5.50. The average Bonchev–Trinajstić information content (AvgIpc) is 2.29. The number of carbonyl (C=O) groups excluding carboxylic acids is 2. The van der Waals surface area contributed by atoms with Gasteiger partial charge in [0.25, 0.3) is 0 Å². The molecular formula is C13H14O3. The van der Waals surface area contributed by atoms with Crippen LogP contribution in [-0.4, -0.2) is 18.2 Å². The van der Waals surface area contributed by atoms with E-state index >= 15 is 0 Å². The van der Waals surface area contributed by atoms with E-state index in [1.165, 1.54) is 6.92 Å². The lowest BCUT2D eigenvalue weighted by atomic mass is 9.83. The van der Waals surface area contributed by atoms with E-state index in [1.54, 1.807) is 25.1 Å². The van der Waals surface area contributed by atoms with Crippen LogP contribution >= 0.6 is 0 Å². The van der Waals surface area contributed by atoms with Crippen LogP contribution in [-0.2, 0) is 4.79 Å². The maximum Gasteiger partial charge on any atom is 0.173 e. The smallest absolute Gasteiger partial charge is 0.173 e. The van der Waals surface area contributed by atoms with Crippen molar-refractivity contribution in [2.24, 2.45) is 11.8 Å². The number of para-hydroxylation sites is 1. The summed E-state index contributed by atoms with van der Waals surface area (Å²) in [5, 5.41) is 0. The molecule has 16 heavy (non-hydrogen) atoms. The maximum absolute atomic E-state index is 12.1. The molecule has 0 bridgehead atoms. The van der Waals surface area contributed by atoms with Crippen LogP contribution in [0.4, 0.5) is 0 Å². The molecule has 84 valence electrons. The van der Waals surface area contributed by atoms with Gasteiger partial charge in [0.1, 0.15) is 11.5 Å². The molecule has 0 N–H and O–H groups in total. The predicted molar refractivity (Wildman–Crippen MR) is 59.6 cm³/mol. The molecule has 0 saturated heterocycles. The standard InChI is InChI=1S/C13H14O3/c1-8(9(2)14)11-7-16-12-6-4-3-5-10(12)13(11)15/h3-6,8,11H,7H2,1-2H3/t8-,11+/m0/s1. The molecular weight excluding hydrogens is 204 g/mol. The van der Waals surface area contributed by atoms with Crippen molar-refractivity contribution in [2.75, 3.05) is 6.61 Å². The molecule has 0 spiro atoms. The first-order chi connectivity index (χ1) is 7.61. The van der Waals surface area contributed by atoms with Gasteiger partial charge in [-0.05, 0) is 19.1 Å². The predicted octanol–water partition coefficient (Wildman–Crippen LogP) is 2.10. The van der Waals surface area contributed by atoms with Gasteiger partial charge in [0.2, 0.25) is 0 Å². The van der Waals surface area contributed by atoms with E-state index < -0.39 is 0 Å². The quantitative estimate of drug-likeness (QED) is 0.763. The lowest BCUT2D eigenvalue weighted by Crippen LogP contribution is -2.35. The van der Waals surface area contributed by atoms with Crippen LogP contribution in [0.5, 0.6) is 5.75 Å². The number of Topliss-reactive ketones (excluding diaryl/α,β-unsaturated/α-hetero) is 2. The number of hydrogen-bond donors (Lipinski definition) is 0. The highest BCUT2D eigenvalue weighted by atomic mass is 16.5. The van der Waals surface area contributed by atoms with E-state index in [-0.39, 0.29) is 23.4 Å². The van der Waals surface area contributed by atoms with E-state index in [0.717, 1.165) is 0 Å². The molecule has 1 aliphatic rings. The summed E-state index contributed by atoms with van der Waals surface area (Å²) in [7, 11) is 0. The highest BCUT2D eigenvalue weighted by molar-refractivity contribution is 6.03. The van der Waals surface area contributed by atoms with Crippen molar-refractivity contribution < 1.29 is 14.3 Å². The Labute approximate surface area is 94.4 Å². The third kappa shape index (κ3) is 1.73. The number of ketones is 2. The van der Waals surface area contributed by atoms with Gasteiger partial charge in [-0.2, -0.15) is 0 Å². The highest BCUT2D eigenvalue weighted by Gasteiger charge is 2.34. The second-order valence-electron chi connectivity index (χ2n) is 4.18. The number of fused-ring (bicyclic) bond motifs is 1. The van der Waals surface area contributed by atoms with Gasteiger partial charge in [-0.15, -0.1) is 0 Å². The van der Waals surface area contributed by atoms with Gasteiger partial charge in [0, 0.05) is 5.92 Å². The number of benzene rings is 1. The van der Waals surface area contributed by atoms with Crippen LogP contribution in [0, 0.1) is 11.8 Å². The first-order valence-electron chi connectivity index (χ1n) is 5.37. The minimum absolute atomic E-state index is 0.0181. The summed E-state index contributed by atoms with van der Waals surface area (Å²) in [6.45, 7) is 3.59. The molecule has 3 heteroatoms. The average molecular weight is 218 g/mol. The third-order valence-electron chi connectivity index (χ3n) is 3.15. The molecule has 0 aromatic heterocycles. The monoisotopic (exact) mass is 218 g/mol. The first-order valence-corrected chi connectivity index (χ1v) is 5.37. The molecule has 0 amide bonds. The normalized spacial score (nSPS) is 20.9. The van der Waals surface area contributed by atoms with Gasteiger partial charge in [-0.1, -0.05) is 19.1 Å². The Morgan fingerprint density at radius 1 is 1.44 bits per heavy atom. The SMILES string of the molecule is CC(=O)[C@H](C)[C@H]1COc2ccccc2C1=O. The van der Waals surface area contributed by atoms with Crippen LogP contribution in [0.1, 0.15) is 24.2 Å². The highest BCUT2D eigenvalue weighted by Crippen LogP contribution is 2.30. The molecule has 1 aliphatic heterocycles. The number of carbonyl (C=O) groups is 2. The Balaban J connectivity index is 2.31. The van der Waals surface area contributed by atoms with Crippen molar-refractivity contribution in [1.29, 1.82) is 0 Å². The lowest BCUT2D eigenvalue weighted by Gasteiger charge is -2.27. The topological polar surface area (TPSA) is 43.4 Å². The summed E-state index contributed by atoms with van der Waals surface area (Å²) in [6, 6.07) is 7.17. The van der Waals surface area contributed by atoms with Crippen LogP contribution in [0.25, 0.3) is 0 Å². The first kappa shape index (κ1) is 10.9. The number of rotatable bonds is 2. The number of hydrogen-bond acceptors (Lipinski definition) is 3. The van der Waals surface area contributed by atoms with Gasteiger partial charge in [0.15, 0.2) is 5.78 Å². The lowest BCUT2D eigenvalue weighted by molar-refractivity contribution is -0.121. The zero-order valence-electron chi connectivity index (χ0n) is 9.40. The van der Waals surface area contributed by atoms with Gasteiger partial charge in [0.05, 0.1) is 18.1 Å². The zero-order valence-corrected chi connectivity index (χ0v) is 9.40. The maximum atomic E-state index is 12.1. The van der Waals surface area contributed by atoms with Crippen molar-refractivity contribution >= 4 is 11.6 Å². The molecule has 3 nitrogen and oxygen atoms in total. The molecule has 0 unspecified atom stereocenters. The summed E-state index contributed by atoms with van der Waals surface area (Å²) in [5.74, 6) is 0.0543. The van der Waals surface area contributed by atoms with E-state index in [0.29, 0.717) is 17.9 Å². The van der Waals surface area contributed by atoms with E-state index in [4.69, 9.17) is 4.74 Å². The third-order valence-corrected chi connectivity index (χ3v) is 3.15. The fraction of sp³-hybridized carbons (Fsp3) is 0.385. The number of ether oxygens (including phenoxy) is 1. The molecule has 0 aliphatic carbocycles. The van der Waals surface area contributed by atoms with Gasteiger partial charge >= 0.3 is 0 Å². The molecule has 2 rings (SSSR count). The van der Waals surface area contributed by atoms with Crippen molar-refractivity contribution in [3.8, 4) is 5.75 Å². The van der Waals surface area contributed by atoms with Crippen molar-refractivity contribution in [1.82, 2.24) is 0 Å². The molecule has 0 radical (unpaired) electrons. The molecule has 0 fully saturated rings.